The highest BCUT2D eigenvalue weighted by Gasteiger charge is 1.97. The molecular weight excluding hydrogens is 344 g/mol. The van der Waals surface area contributed by atoms with E-state index < -0.39 is 0 Å². The highest BCUT2D eigenvalue weighted by molar-refractivity contribution is 9.09. The molecule has 2 rings (SSSR count). The second kappa shape index (κ2) is 10.1. The van der Waals surface area contributed by atoms with Gasteiger partial charge in [-0.05, 0) is 49.2 Å². The number of halogens is 1. The topological polar surface area (TPSA) is 27.7 Å². The summed E-state index contributed by atoms with van der Waals surface area (Å²) in [6, 6.07) is 17.6. The van der Waals surface area contributed by atoms with Crippen LogP contribution in [-0.2, 0) is 0 Å². The molecule has 0 aliphatic heterocycles. The molecule has 2 aromatic carbocycles. The maximum Gasteiger partial charge on any atom is 0.119 e. The van der Waals surface area contributed by atoms with Crippen LogP contribution in [0.15, 0.2) is 54.6 Å². The van der Waals surface area contributed by atoms with Gasteiger partial charge in [-0.25, -0.2) is 0 Å². The number of unbranched alkanes of at least 4 members (excludes halogenated alkanes) is 1. The van der Waals surface area contributed by atoms with Gasteiger partial charge < -0.3 is 14.2 Å². The smallest absolute Gasteiger partial charge is 0.119 e. The highest BCUT2D eigenvalue weighted by atomic mass is 79.9. The van der Waals surface area contributed by atoms with Crippen LogP contribution in [0.4, 0.5) is 0 Å². The first-order chi connectivity index (χ1) is 10.9. The van der Waals surface area contributed by atoms with Gasteiger partial charge in [-0.2, -0.15) is 0 Å². The maximum absolute atomic E-state index is 5.70. The van der Waals surface area contributed by atoms with Crippen LogP contribution >= 0.6 is 15.9 Å². The molecule has 0 fully saturated rings. The molecule has 0 heterocycles. The first-order valence-electron chi connectivity index (χ1n) is 7.48. The van der Waals surface area contributed by atoms with Crippen LogP contribution in [0.1, 0.15) is 12.8 Å². The molecule has 2 aromatic rings. The average Bonchev–Trinajstić information content (AvgIpc) is 2.58. The summed E-state index contributed by atoms with van der Waals surface area (Å²) in [5.74, 6) is 2.65. The Bertz CT molecular complexity index is 514. The van der Waals surface area contributed by atoms with E-state index in [4.69, 9.17) is 14.2 Å². The Labute approximate surface area is 140 Å². The van der Waals surface area contributed by atoms with Crippen molar-refractivity contribution in [1.29, 1.82) is 0 Å². The molecule has 0 aliphatic carbocycles. The van der Waals surface area contributed by atoms with E-state index in [2.05, 4.69) is 15.9 Å². The molecule has 0 aliphatic rings. The minimum Gasteiger partial charge on any atom is -0.494 e. The Balaban J connectivity index is 1.56. The summed E-state index contributed by atoms with van der Waals surface area (Å²) < 4.78 is 16.8. The zero-order valence-electron chi connectivity index (χ0n) is 12.5. The third-order valence-corrected chi connectivity index (χ3v) is 3.31. The summed E-state index contributed by atoms with van der Waals surface area (Å²) in [7, 11) is 0. The summed E-state index contributed by atoms with van der Waals surface area (Å²) in [4.78, 5) is 0. The molecule has 0 bridgehead atoms. The van der Waals surface area contributed by atoms with Crippen LogP contribution in [0.2, 0.25) is 0 Å². The van der Waals surface area contributed by atoms with Gasteiger partial charge in [-0.1, -0.05) is 34.1 Å². The maximum atomic E-state index is 5.70. The lowest BCUT2D eigenvalue weighted by Gasteiger charge is -2.09. The zero-order chi connectivity index (χ0) is 15.5. The summed E-state index contributed by atoms with van der Waals surface area (Å²) in [5.41, 5.74) is 0. The number of para-hydroxylation sites is 1. The summed E-state index contributed by atoms with van der Waals surface area (Å²) in [6.07, 6.45) is 1.94. The minimum absolute atomic E-state index is 0.668. The van der Waals surface area contributed by atoms with Gasteiger partial charge in [0, 0.05) is 5.33 Å². The van der Waals surface area contributed by atoms with Crippen LogP contribution in [0, 0.1) is 0 Å². The number of hydrogen-bond donors (Lipinski definition) is 0. The number of alkyl halides is 1. The van der Waals surface area contributed by atoms with Gasteiger partial charge >= 0.3 is 0 Å². The van der Waals surface area contributed by atoms with E-state index in [1.165, 1.54) is 0 Å². The molecule has 22 heavy (non-hydrogen) atoms. The van der Waals surface area contributed by atoms with E-state index in [1.807, 2.05) is 54.6 Å². The molecule has 0 N–H and O–H groups in total. The van der Waals surface area contributed by atoms with Gasteiger partial charge in [-0.15, -0.1) is 0 Å². The molecule has 0 radical (unpaired) electrons. The van der Waals surface area contributed by atoms with E-state index in [0.29, 0.717) is 19.8 Å². The predicted molar refractivity (Wildman–Crippen MR) is 92.4 cm³/mol. The molecule has 3 nitrogen and oxygen atoms in total. The second-order valence-electron chi connectivity index (χ2n) is 4.73. The highest BCUT2D eigenvalue weighted by Crippen LogP contribution is 2.18. The van der Waals surface area contributed by atoms with Crippen molar-refractivity contribution in [2.24, 2.45) is 0 Å². The fourth-order valence-corrected chi connectivity index (χ4v) is 2.05. The Morgan fingerprint density at radius 2 is 1.05 bits per heavy atom. The third kappa shape index (κ3) is 6.39. The molecule has 0 aromatic heterocycles. The van der Waals surface area contributed by atoms with Gasteiger partial charge in [0.2, 0.25) is 0 Å². The lowest BCUT2D eigenvalue weighted by Crippen LogP contribution is -2.02. The SMILES string of the molecule is BrCCOc1ccc(OCCCCOc2ccccc2)cc1. The fraction of sp³-hybridized carbons (Fsp3) is 0.333. The normalized spacial score (nSPS) is 10.2. The predicted octanol–water partition coefficient (Wildman–Crippen LogP) is 4.70. The van der Waals surface area contributed by atoms with Gasteiger partial charge in [-0.3, -0.25) is 0 Å². The molecular formula is C18H21BrO3. The minimum atomic E-state index is 0.668. The molecule has 0 spiro atoms. The van der Waals surface area contributed by atoms with E-state index in [-0.39, 0.29) is 0 Å². The first kappa shape index (κ1) is 16.7. The van der Waals surface area contributed by atoms with Crippen molar-refractivity contribution in [3.05, 3.63) is 54.6 Å². The van der Waals surface area contributed by atoms with Gasteiger partial charge in [0.25, 0.3) is 0 Å². The van der Waals surface area contributed by atoms with Crippen LogP contribution in [0.25, 0.3) is 0 Å². The lowest BCUT2D eigenvalue weighted by atomic mass is 10.3. The Kier molecular flexibility index (Phi) is 7.67. The number of rotatable bonds is 10. The second-order valence-corrected chi connectivity index (χ2v) is 5.52. The number of ether oxygens (including phenoxy) is 3. The zero-order valence-corrected chi connectivity index (χ0v) is 14.1. The fourth-order valence-electron chi connectivity index (χ4n) is 1.89. The third-order valence-electron chi connectivity index (χ3n) is 2.99. The van der Waals surface area contributed by atoms with E-state index >= 15 is 0 Å². The van der Waals surface area contributed by atoms with Crippen molar-refractivity contribution in [1.82, 2.24) is 0 Å². The van der Waals surface area contributed by atoms with Crippen molar-refractivity contribution in [3.63, 3.8) is 0 Å². The molecule has 0 amide bonds. The molecule has 118 valence electrons. The Hall–Kier alpha value is -1.68. The van der Waals surface area contributed by atoms with E-state index in [0.717, 1.165) is 35.4 Å². The van der Waals surface area contributed by atoms with Gasteiger partial charge in [0.1, 0.15) is 17.2 Å². The summed E-state index contributed by atoms with van der Waals surface area (Å²) >= 11 is 3.33. The van der Waals surface area contributed by atoms with Crippen molar-refractivity contribution >= 4 is 15.9 Å². The van der Waals surface area contributed by atoms with Crippen LogP contribution in [0.5, 0.6) is 17.2 Å². The Morgan fingerprint density at radius 1 is 0.591 bits per heavy atom. The molecule has 4 heteroatoms. The van der Waals surface area contributed by atoms with E-state index in [1.54, 1.807) is 0 Å². The number of benzene rings is 2. The molecule has 0 saturated heterocycles. The largest absolute Gasteiger partial charge is 0.494 e. The monoisotopic (exact) mass is 364 g/mol. The molecule has 0 unspecified atom stereocenters. The van der Waals surface area contributed by atoms with Crippen LogP contribution in [0.3, 0.4) is 0 Å². The first-order valence-corrected chi connectivity index (χ1v) is 8.60. The van der Waals surface area contributed by atoms with Crippen molar-refractivity contribution in [2.75, 3.05) is 25.2 Å². The van der Waals surface area contributed by atoms with Gasteiger partial charge in [0.05, 0.1) is 19.8 Å². The Morgan fingerprint density at radius 3 is 1.55 bits per heavy atom. The number of hydrogen-bond acceptors (Lipinski definition) is 3. The molecule has 0 saturated carbocycles. The van der Waals surface area contributed by atoms with E-state index in [9.17, 15) is 0 Å². The lowest BCUT2D eigenvalue weighted by molar-refractivity contribution is 0.266. The van der Waals surface area contributed by atoms with Gasteiger partial charge in [0.15, 0.2) is 0 Å². The van der Waals surface area contributed by atoms with Crippen LogP contribution < -0.4 is 14.2 Å². The summed E-state index contributed by atoms with van der Waals surface area (Å²) in [6.45, 7) is 2.08. The van der Waals surface area contributed by atoms with Crippen molar-refractivity contribution in [3.8, 4) is 17.2 Å². The van der Waals surface area contributed by atoms with Crippen molar-refractivity contribution < 1.29 is 14.2 Å². The van der Waals surface area contributed by atoms with Crippen LogP contribution in [-0.4, -0.2) is 25.2 Å². The quantitative estimate of drug-likeness (QED) is 0.451. The van der Waals surface area contributed by atoms with Crippen molar-refractivity contribution in [2.45, 2.75) is 12.8 Å². The average molecular weight is 365 g/mol. The summed E-state index contributed by atoms with van der Waals surface area (Å²) in [5, 5.41) is 0.830. The molecule has 0 atom stereocenters. The standard InChI is InChI=1S/C18H21BrO3/c19-12-15-22-18-10-8-17(9-11-18)21-14-5-4-13-20-16-6-2-1-3-7-16/h1-3,6-11H,4-5,12-15H2.